The van der Waals surface area contributed by atoms with Gasteiger partial charge in [0.1, 0.15) is 0 Å². The third kappa shape index (κ3) is 3.78. The fourth-order valence-electron chi connectivity index (χ4n) is 2.43. The van der Waals surface area contributed by atoms with E-state index in [0.717, 1.165) is 19.4 Å². The summed E-state index contributed by atoms with van der Waals surface area (Å²) in [5, 5.41) is 3.07. The van der Waals surface area contributed by atoms with Gasteiger partial charge in [-0.1, -0.05) is 31.2 Å². The Morgan fingerprint density at radius 1 is 1.16 bits per heavy atom. The van der Waals surface area contributed by atoms with Crippen LogP contribution in [0.4, 0.5) is 0 Å². The summed E-state index contributed by atoms with van der Waals surface area (Å²) in [6.45, 7) is 4.52. The second-order valence-corrected chi connectivity index (χ2v) is 6.93. The zero-order valence-electron chi connectivity index (χ0n) is 11.4. The van der Waals surface area contributed by atoms with Crippen LogP contribution < -0.4 is 5.32 Å². The number of hydrogen-bond donors (Lipinski definition) is 1. The monoisotopic (exact) mass is 282 g/mol. The van der Waals surface area contributed by atoms with E-state index in [4.69, 9.17) is 0 Å². The highest BCUT2D eigenvalue weighted by atomic mass is 32.2. The van der Waals surface area contributed by atoms with E-state index in [2.05, 4.69) is 17.4 Å². The number of nitrogens with zero attached hydrogens (tertiary/aromatic N) is 1. The van der Waals surface area contributed by atoms with Crippen LogP contribution in [-0.4, -0.2) is 44.7 Å². The van der Waals surface area contributed by atoms with Gasteiger partial charge in [-0.3, -0.25) is 0 Å². The molecule has 0 atom stereocenters. The van der Waals surface area contributed by atoms with Gasteiger partial charge < -0.3 is 5.32 Å². The Balaban J connectivity index is 2.01. The Hall–Kier alpha value is -0.910. The van der Waals surface area contributed by atoms with Crippen molar-refractivity contribution in [3.05, 3.63) is 35.4 Å². The summed E-state index contributed by atoms with van der Waals surface area (Å²) in [4.78, 5) is 0. The molecule has 1 aliphatic rings. The summed E-state index contributed by atoms with van der Waals surface area (Å²) in [5.41, 5.74) is 2.57. The molecule has 0 saturated heterocycles. The first kappa shape index (κ1) is 14.5. The van der Waals surface area contributed by atoms with Crippen LogP contribution in [0.3, 0.4) is 0 Å². The minimum absolute atomic E-state index is 0.192. The lowest BCUT2D eigenvalue weighted by molar-refractivity contribution is 0.426. The van der Waals surface area contributed by atoms with Crippen LogP contribution in [-0.2, 0) is 22.9 Å². The first-order valence-electron chi connectivity index (χ1n) is 6.89. The second-order valence-electron chi connectivity index (χ2n) is 4.84. The zero-order valence-corrected chi connectivity index (χ0v) is 12.2. The average Bonchev–Trinajstić information content (AvgIpc) is 2.61. The van der Waals surface area contributed by atoms with Crippen LogP contribution >= 0.6 is 0 Å². The smallest absolute Gasteiger partial charge is 0.215 e. The fraction of sp³-hybridized carbons (Fsp3) is 0.571. The van der Waals surface area contributed by atoms with Crippen molar-refractivity contribution in [2.75, 3.05) is 31.9 Å². The third-order valence-electron chi connectivity index (χ3n) is 3.56. The molecule has 0 saturated carbocycles. The van der Waals surface area contributed by atoms with E-state index in [9.17, 15) is 8.42 Å². The standard InChI is InChI=1S/C14H22N2O2S/c1-2-15-9-12-19(17,18)16-10-7-13-5-3-4-6-14(13)8-11-16/h3-6,15H,2,7-12H2,1H3. The summed E-state index contributed by atoms with van der Waals surface area (Å²) < 4.78 is 26.1. The molecule has 19 heavy (non-hydrogen) atoms. The lowest BCUT2D eigenvalue weighted by atomic mass is 10.0. The van der Waals surface area contributed by atoms with Crippen molar-refractivity contribution in [1.29, 1.82) is 0 Å². The Kier molecular flexibility index (Phi) is 4.96. The van der Waals surface area contributed by atoms with Gasteiger partial charge in [-0.2, -0.15) is 0 Å². The highest BCUT2D eigenvalue weighted by Crippen LogP contribution is 2.17. The number of hydrogen-bond acceptors (Lipinski definition) is 3. The van der Waals surface area contributed by atoms with Crippen LogP contribution in [0, 0.1) is 0 Å². The topological polar surface area (TPSA) is 49.4 Å². The molecule has 4 nitrogen and oxygen atoms in total. The Labute approximate surface area is 115 Å². The molecule has 0 spiro atoms. The molecule has 0 unspecified atom stereocenters. The normalized spacial score (nSPS) is 16.9. The van der Waals surface area contributed by atoms with Crippen molar-refractivity contribution in [2.24, 2.45) is 0 Å². The minimum Gasteiger partial charge on any atom is -0.316 e. The van der Waals surface area contributed by atoms with Gasteiger partial charge in [0.15, 0.2) is 0 Å². The number of sulfonamides is 1. The molecule has 2 rings (SSSR count). The van der Waals surface area contributed by atoms with E-state index in [1.807, 2.05) is 19.1 Å². The van der Waals surface area contributed by atoms with Crippen LogP contribution in [0.15, 0.2) is 24.3 Å². The Bertz CT molecular complexity index is 487. The highest BCUT2D eigenvalue weighted by Gasteiger charge is 2.23. The molecule has 1 heterocycles. The molecule has 5 heteroatoms. The third-order valence-corrected chi connectivity index (χ3v) is 5.43. The zero-order chi connectivity index (χ0) is 13.7. The molecule has 0 aromatic heterocycles. The van der Waals surface area contributed by atoms with Crippen LogP contribution in [0.25, 0.3) is 0 Å². The first-order valence-corrected chi connectivity index (χ1v) is 8.49. The lowest BCUT2D eigenvalue weighted by Gasteiger charge is -2.19. The number of benzene rings is 1. The van der Waals surface area contributed by atoms with E-state index in [-0.39, 0.29) is 5.75 Å². The first-order chi connectivity index (χ1) is 9.13. The van der Waals surface area contributed by atoms with Gasteiger partial charge in [0.25, 0.3) is 0 Å². The van der Waals surface area contributed by atoms with Crippen molar-refractivity contribution >= 4 is 10.0 Å². The summed E-state index contributed by atoms with van der Waals surface area (Å²) in [5.74, 6) is 0.192. The summed E-state index contributed by atoms with van der Waals surface area (Å²) in [7, 11) is -3.13. The molecule has 1 aliphatic heterocycles. The molecule has 106 valence electrons. The number of nitrogens with one attached hydrogen (secondary N) is 1. The van der Waals surface area contributed by atoms with Gasteiger partial charge in [0.05, 0.1) is 5.75 Å². The molecule has 1 aromatic rings. The lowest BCUT2D eigenvalue weighted by Crippen LogP contribution is -2.37. The van der Waals surface area contributed by atoms with Crippen molar-refractivity contribution in [3.63, 3.8) is 0 Å². The van der Waals surface area contributed by atoms with E-state index in [0.29, 0.717) is 19.6 Å². The summed E-state index contributed by atoms with van der Waals surface area (Å²) >= 11 is 0. The van der Waals surface area contributed by atoms with E-state index < -0.39 is 10.0 Å². The molecule has 1 aromatic carbocycles. The molecule has 1 N–H and O–H groups in total. The SMILES string of the molecule is CCNCCS(=O)(=O)N1CCc2ccccc2CC1. The van der Waals surface area contributed by atoms with Crippen LogP contribution in [0.1, 0.15) is 18.1 Å². The van der Waals surface area contributed by atoms with Gasteiger partial charge in [-0.15, -0.1) is 0 Å². The van der Waals surface area contributed by atoms with Crippen LogP contribution in [0.5, 0.6) is 0 Å². The van der Waals surface area contributed by atoms with Gasteiger partial charge in [-0.25, -0.2) is 12.7 Å². The van der Waals surface area contributed by atoms with Crippen molar-refractivity contribution in [3.8, 4) is 0 Å². The Morgan fingerprint density at radius 2 is 1.74 bits per heavy atom. The van der Waals surface area contributed by atoms with E-state index in [1.165, 1.54) is 11.1 Å². The fourth-order valence-corrected chi connectivity index (χ4v) is 3.83. The maximum absolute atomic E-state index is 12.3. The Morgan fingerprint density at radius 3 is 2.26 bits per heavy atom. The molecule has 0 fully saturated rings. The second kappa shape index (κ2) is 6.50. The predicted octanol–water partition coefficient (Wildman–Crippen LogP) is 1.03. The molecule has 0 aliphatic carbocycles. The largest absolute Gasteiger partial charge is 0.316 e. The van der Waals surface area contributed by atoms with Crippen LogP contribution in [0.2, 0.25) is 0 Å². The van der Waals surface area contributed by atoms with Gasteiger partial charge >= 0.3 is 0 Å². The molecular formula is C14H22N2O2S. The van der Waals surface area contributed by atoms with E-state index >= 15 is 0 Å². The molecule has 0 bridgehead atoms. The molecule has 0 radical (unpaired) electrons. The summed E-state index contributed by atoms with van der Waals surface area (Å²) in [6.07, 6.45) is 1.63. The number of fused-ring (bicyclic) bond motifs is 1. The molecular weight excluding hydrogens is 260 g/mol. The van der Waals surface area contributed by atoms with Crippen molar-refractivity contribution in [1.82, 2.24) is 9.62 Å². The highest BCUT2D eigenvalue weighted by molar-refractivity contribution is 7.89. The van der Waals surface area contributed by atoms with Crippen molar-refractivity contribution < 1.29 is 8.42 Å². The van der Waals surface area contributed by atoms with E-state index in [1.54, 1.807) is 4.31 Å². The number of rotatable bonds is 5. The van der Waals surface area contributed by atoms with Gasteiger partial charge in [0.2, 0.25) is 10.0 Å². The van der Waals surface area contributed by atoms with Gasteiger partial charge in [-0.05, 0) is 30.5 Å². The van der Waals surface area contributed by atoms with Gasteiger partial charge in [0, 0.05) is 19.6 Å². The van der Waals surface area contributed by atoms with Crippen molar-refractivity contribution in [2.45, 2.75) is 19.8 Å². The summed E-state index contributed by atoms with van der Waals surface area (Å²) in [6, 6.07) is 8.25. The molecule has 0 amide bonds. The predicted molar refractivity (Wildman–Crippen MR) is 77.8 cm³/mol. The maximum atomic E-state index is 12.3. The minimum atomic E-state index is -3.13. The maximum Gasteiger partial charge on any atom is 0.215 e. The average molecular weight is 282 g/mol. The quantitative estimate of drug-likeness (QED) is 0.821.